The Morgan fingerprint density at radius 1 is 0.974 bits per heavy atom. The molecule has 1 aliphatic heterocycles. The second-order valence-corrected chi connectivity index (χ2v) is 10.8. The maximum Gasteiger partial charge on any atom is 0.182 e. The first kappa shape index (κ1) is 34.0. The molecule has 1 N–H and O–H groups in total. The first-order chi connectivity index (χ1) is 18.9. The third-order valence-electron chi connectivity index (χ3n) is 6.83. The molecule has 6 heteroatoms. The lowest BCUT2D eigenvalue weighted by Crippen LogP contribution is -2.12. The van der Waals surface area contributed by atoms with Gasteiger partial charge in [-0.3, -0.25) is 4.79 Å². The third kappa shape index (κ3) is 12.6. The Balaban J connectivity index is 0.000000255. The number of aromatic nitrogens is 1. The first-order valence-corrected chi connectivity index (χ1v) is 15.1. The summed E-state index contributed by atoms with van der Waals surface area (Å²) in [6.07, 6.45) is 10.6. The van der Waals surface area contributed by atoms with E-state index >= 15 is 0 Å². The smallest absolute Gasteiger partial charge is 0.182 e. The molecule has 1 fully saturated rings. The number of rotatable bonds is 4. The number of fused-ring (bicyclic) bond motifs is 1. The van der Waals surface area contributed by atoms with Gasteiger partial charge in [-0.15, -0.1) is 11.3 Å². The fourth-order valence-corrected chi connectivity index (χ4v) is 5.13. The average Bonchev–Trinajstić information content (AvgIpc) is 3.52. The molecule has 2 heterocycles. The van der Waals surface area contributed by atoms with Crippen molar-refractivity contribution in [3.8, 4) is 0 Å². The van der Waals surface area contributed by atoms with Gasteiger partial charge in [0.2, 0.25) is 0 Å². The van der Waals surface area contributed by atoms with Crippen LogP contribution in [0, 0.1) is 26.7 Å². The number of benzene rings is 2. The highest BCUT2D eigenvalue weighted by molar-refractivity contribution is 7.15. The number of nitrogens with one attached hydrogen (secondary N) is 1. The molecular formula is C33H49N3O2S. The summed E-state index contributed by atoms with van der Waals surface area (Å²) in [5, 5.41) is 4.00. The van der Waals surface area contributed by atoms with Gasteiger partial charge in [0.25, 0.3) is 0 Å². The van der Waals surface area contributed by atoms with Crippen molar-refractivity contribution >= 4 is 34.7 Å². The van der Waals surface area contributed by atoms with Gasteiger partial charge in [0.1, 0.15) is 12.6 Å². The molecule has 0 bridgehead atoms. The van der Waals surface area contributed by atoms with Crippen LogP contribution in [0.2, 0.25) is 0 Å². The summed E-state index contributed by atoms with van der Waals surface area (Å²) in [6.45, 7) is 11.2. The number of nitrogens with zero attached hydrogens (tertiary/aromatic N) is 2. The molecule has 5 rings (SSSR count). The SMILES string of the molecule is CC.CN1CCc2ccccc21.CNc1nc(C)c(C)s1.Cc1ccccc1C=O.O=CCC1CCCCC1. The number of carbonyl (C=O) groups excluding carboxylic acids is 2. The van der Waals surface area contributed by atoms with E-state index in [0.29, 0.717) is 0 Å². The summed E-state index contributed by atoms with van der Waals surface area (Å²) in [7, 11) is 4.03. The molecule has 214 valence electrons. The second kappa shape index (κ2) is 20.0. The molecular weight excluding hydrogens is 502 g/mol. The van der Waals surface area contributed by atoms with E-state index in [4.69, 9.17) is 0 Å². The zero-order valence-electron chi connectivity index (χ0n) is 25.1. The zero-order valence-corrected chi connectivity index (χ0v) is 25.9. The van der Waals surface area contributed by atoms with Gasteiger partial charge in [0, 0.05) is 43.2 Å². The van der Waals surface area contributed by atoms with Crippen molar-refractivity contribution in [2.75, 3.05) is 30.9 Å². The van der Waals surface area contributed by atoms with Crippen molar-refractivity contribution in [1.82, 2.24) is 4.98 Å². The van der Waals surface area contributed by atoms with E-state index in [1.165, 1.54) is 61.2 Å². The molecule has 0 amide bonds. The summed E-state index contributed by atoms with van der Waals surface area (Å²) >= 11 is 1.69. The minimum atomic E-state index is 0.733. The fourth-order valence-electron chi connectivity index (χ4n) is 4.36. The highest BCUT2D eigenvalue weighted by Crippen LogP contribution is 2.26. The standard InChI is InChI=1S/C9H11N.C8H8O.C8H14O.C6H10N2S.C2H6/c1-10-7-6-8-4-2-3-5-9(8)10;1-7-4-2-3-5-8(7)6-9;9-7-6-8-4-2-1-3-5-8;1-4-5(2)9-6(7-3)8-4;1-2/h2-5H,6-7H2,1H3;2-6H,1H3;7-8H,1-6H2;1-3H3,(H,7,8);1-2H3. The number of carbonyl (C=O) groups is 2. The van der Waals surface area contributed by atoms with Crippen molar-refractivity contribution < 1.29 is 9.59 Å². The summed E-state index contributed by atoms with van der Waals surface area (Å²) in [5.41, 5.74) is 5.84. The molecule has 3 aromatic rings. The molecule has 0 atom stereocenters. The van der Waals surface area contributed by atoms with E-state index in [0.717, 1.165) is 46.9 Å². The van der Waals surface area contributed by atoms with E-state index in [-0.39, 0.29) is 0 Å². The number of aldehydes is 2. The summed E-state index contributed by atoms with van der Waals surface area (Å²) < 4.78 is 0. The van der Waals surface area contributed by atoms with Gasteiger partial charge in [0.05, 0.1) is 5.69 Å². The molecule has 0 radical (unpaired) electrons. The molecule has 1 aromatic heterocycles. The van der Waals surface area contributed by atoms with Crippen LogP contribution in [0.15, 0.2) is 48.5 Å². The van der Waals surface area contributed by atoms with Crippen LogP contribution in [0.1, 0.15) is 84.4 Å². The molecule has 0 unspecified atom stereocenters. The number of hydrogen-bond donors (Lipinski definition) is 1. The predicted molar refractivity (Wildman–Crippen MR) is 170 cm³/mol. The summed E-state index contributed by atoms with van der Waals surface area (Å²) in [5.74, 6) is 0.733. The van der Waals surface area contributed by atoms with E-state index in [2.05, 4.69) is 53.4 Å². The maximum absolute atomic E-state index is 10.2. The van der Waals surface area contributed by atoms with Crippen molar-refractivity contribution in [1.29, 1.82) is 0 Å². The van der Waals surface area contributed by atoms with Gasteiger partial charge in [-0.1, -0.05) is 88.4 Å². The molecule has 2 aromatic carbocycles. The van der Waals surface area contributed by atoms with Crippen LogP contribution in [0.3, 0.4) is 0 Å². The van der Waals surface area contributed by atoms with Crippen LogP contribution < -0.4 is 10.2 Å². The minimum absolute atomic E-state index is 0.733. The monoisotopic (exact) mass is 551 g/mol. The van der Waals surface area contributed by atoms with Gasteiger partial charge >= 0.3 is 0 Å². The molecule has 2 aliphatic rings. The second-order valence-electron chi connectivity index (χ2n) is 9.59. The van der Waals surface area contributed by atoms with Crippen LogP contribution in [0.5, 0.6) is 0 Å². The average molecular weight is 552 g/mol. The number of aryl methyl sites for hydroxylation is 3. The summed E-state index contributed by atoms with van der Waals surface area (Å²) in [4.78, 5) is 28.1. The normalized spacial score (nSPS) is 13.5. The van der Waals surface area contributed by atoms with Crippen LogP contribution in [0.25, 0.3) is 0 Å². The largest absolute Gasteiger partial charge is 0.374 e. The van der Waals surface area contributed by atoms with Crippen molar-refractivity contribution in [3.63, 3.8) is 0 Å². The highest BCUT2D eigenvalue weighted by atomic mass is 32.1. The Hall–Kier alpha value is -2.99. The van der Waals surface area contributed by atoms with E-state index in [9.17, 15) is 9.59 Å². The Morgan fingerprint density at radius 3 is 2.10 bits per heavy atom. The number of likely N-dealkylation sites (N-methyl/N-ethyl adjacent to an activating group) is 1. The Bertz CT molecular complexity index is 1070. The van der Waals surface area contributed by atoms with Gasteiger partial charge < -0.3 is 15.0 Å². The maximum atomic E-state index is 10.2. The van der Waals surface area contributed by atoms with E-state index in [1.807, 2.05) is 59.0 Å². The van der Waals surface area contributed by atoms with Gasteiger partial charge in [-0.25, -0.2) is 4.98 Å². The van der Waals surface area contributed by atoms with Crippen LogP contribution >= 0.6 is 11.3 Å². The van der Waals surface area contributed by atoms with E-state index in [1.54, 1.807) is 11.3 Å². The highest BCUT2D eigenvalue weighted by Gasteiger charge is 2.13. The number of hydrogen-bond acceptors (Lipinski definition) is 6. The van der Waals surface area contributed by atoms with Crippen molar-refractivity contribution in [2.45, 2.75) is 79.6 Å². The number of thiazole rings is 1. The van der Waals surface area contributed by atoms with E-state index < -0.39 is 0 Å². The van der Waals surface area contributed by atoms with Crippen molar-refractivity contribution in [2.24, 2.45) is 5.92 Å². The third-order valence-corrected chi connectivity index (χ3v) is 7.92. The molecule has 5 nitrogen and oxygen atoms in total. The first-order valence-electron chi connectivity index (χ1n) is 14.2. The number of para-hydroxylation sites is 1. The van der Waals surface area contributed by atoms with Crippen LogP contribution in [0.4, 0.5) is 10.8 Å². The fraction of sp³-hybridized carbons (Fsp3) is 0.485. The summed E-state index contributed by atoms with van der Waals surface area (Å²) in [6, 6.07) is 16.1. The van der Waals surface area contributed by atoms with Crippen LogP contribution in [-0.2, 0) is 11.2 Å². The van der Waals surface area contributed by atoms with Crippen molar-refractivity contribution in [3.05, 3.63) is 75.8 Å². The zero-order chi connectivity index (χ0) is 29.0. The van der Waals surface area contributed by atoms with Crippen LogP contribution in [-0.4, -0.2) is 38.2 Å². The predicted octanol–water partition coefficient (Wildman–Crippen LogP) is 8.47. The molecule has 39 heavy (non-hydrogen) atoms. The quantitative estimate of drug-likeness (QED) is 0.330. The minimum Gasteiger partial charge on any atom is -0.374 e. The molecule has 1 saturated carbocycles. The number of anilines is 2. The Morgan fingerprint density at radius 2 is 1.62 bits per heavy atom. The lowest BCUT2D eigenvalue weighted by Gasteiger charge is -2.18. The molecule has 0 spiro atoms. The molecule has 0 saturated heterocycles. The molecule has 1 aliphatic carbocycles. The lowest BCUT2D eigenvalue weighted by molar-refractivity contribution is -0.108. The Labute approximate surface area is 241 Å². The van der Waals surface area contributed by atoms with Gasteiger partial charge in [-0.05, 0) is 50.3 Å². The van der Waals surface area contributed by atoms with Gasteiger partial charge in [0.15, 0.2) is 5.13 Å². The topological polar surface area (TPSA) is 62.3 Å². The Kier molecular flexibility index (Phi) is 17.4. The van der Waals surface area contributed by atoms with Gasteiger partial charge in [-0.2, -0.15) is 0 Å². The lowest BCUT2D eigenvalue weighted by atomic mass is 9.87.